The van der Waals surface area contributed by atoms with Gasteiger partial charge in [0.2, 0.25) is 15.8 Å². The third-order valence-electron chi connectivity index (χ3n) is 5.28. The first-order valence-electron chi connectivity index (χ1n) is 9.42. The lowest BCUT2D eigenvalue weighted by Gasteiger charge is -2.13. The zero-order valence-electron chi connectivity index (χ0n) is 16.6. The number of hydrogen-bond acceptors (Lipinski definition) is 4. The van der Waals surface area contributed by atoms with Gasteiger partial charge in [-0.15, -0.1) is 0 Å². The Bertz CT molecular complexity index is 1220. The number of halogens is 1. The predicted octanol–water partition coefficient (Wildman–Crippen LogP) is 3.77. The van der Waals surface area contributed by atoms with Gasteiger partial charge in [0.1, 0.15) is 11.6 Å². The Hall–Kier alpha value is -3.13. The Morgan fingerprint density at radius 3 is 2.50 bits per heavy atom. The van der Waals surface area contributed by atoms with Crippen LogP contribution >= 0.6 is 0 Å². The first-order valence-corrected chi connectivity index (χ1v) is 11.3. The molecular formula is C22H21FN2O4S. The van der Waals surface area contributed by atoms with Gasteiger partial charge in [-0.2, -0.15) is 0 Å². The molecule has 0 aliphatic carbocycles. The summed E-state index contributed by atoms with van der Waals surface area (Å²) in [6.07, 6.45) is 1.68. The summed E-state index contributed by atoms with van der Waals surface area (Å²) in [6.45, 7) is 0.604. The molecule has 1 aliphatic rings. The number of ketones is 1. The lowest BCUT2D eigenvalue weighted by atomic mass is 9.94. The predicted molar refractivity (Wildman–Crippen MR) is 112 cm³/mol. The molecule has 156 valence electrons. The molecule has 6 nitrogen and oxygen atoms in total. The maximum absolute atomic E-state index is 14.8. The van der Waals surface area contributed by atoms with Crippen molar-refractivity contribution in [3.63, 3.8) is 0 Å². The number of ether oxygens (including phenoxy) is 1. The minimum absolute atomic E-state index is 0.0993. The highest BCUT2D eigenvalue weighted by Crippen LogP contribution is 2.38. The Kier molecular flexibility index (Phi) is 5.11. The molecule has 0 saturated heterocycles. The Morgan fingerprint density at radius 2 is 1.87 bits per heavy atom. The van der Waals surface area contributed by atoms with Gasteiger partial charge in [-0.1, -0.05) is 6.07 Å². The topological polar surface area (TPSA) is 77.4 Å². The first kappa shape index (κ1) is 20.2. The number of hydrogen-bond donors (Lipinski definition) is 1. The van der Waals surface area contributed by atoms with E-state index in [0.29, 0.717) is 35.5 Å². The number of nitrogens with zero attached hydrogens (tertiary/aromatic N) is 1. The third kappa shape index (κ3) is 3.82. The quantitative estimate of drug-likeness (QED) is 0.607. The average molecular weight is 428 g/mol. The van der Waals surface area contributed by atoms with Crippen LogP contribution in [0.25, 0.3) is 0 Å². The monoisotopic (exact) mass is 428 g/mol. The van der Waals surface area contributed by atoms with Crippen LogP contribution in [-0.2, 0) is 16.6 Å². The van der Waals surface area contributed by atoms with Crippen LogP contribution in [0.15, 0.2) is 54.6 Å². The number of rotatable bonds is 6. The van der Waals surface area contributed by atoms with Crippen molar-refractivity contribution in [1.29, 1.82) is 0 Å². The van der Waals surface area contributed by atoms with Crippen molar-refractivity contribution in [2.24, 2.45) is 0 Å². The highest BCUT2D eigenvalue weighted by molar-refractivity contribution is 7.92. The summed E-state index contributed by atoms with van der Waals surface area (Å²) in [5.74, 6) is -0.102. The number of nitrogens with one attached hydrogen (secondary N) is 1. The summed E-state index contributed by atoms with van der Waals surface area (Å²) in [5, 5.41) is 0. The number of anilines is 1. The molecule has 2 heterocycles. The standard InChI is InChI=1S/C22H21FN2O4S/c1-29-16-6-3-14(4-7-16)22(26)21-10-9-20-18(11-12-25(20)21)17-8-5-15(13-19(17)23)24-30(2,27)28/h3-10,13,18,24H,11-12H2,1-2H3. The van der Waals surface area contributed by atoms with Gasteiger partial charge in [-0.3, -0.25) is 9.52 Å². The Labute approximate surface area is 174 Å². The third-order valence-corrected chi connectivity index (χ3v) is 5.88. The smallest absolute Gasteiger partial charge is 0.229 e. The van der Waals surface area contributed by atoms with Crippen LogP contribution in [0.3, 0.4) is 0 Å². The zero-order chi connectivity index (χ0) is 21.5. The van der Waals surface area contributed by atoms with E-state index in [1.165, 1.54) is 6.07 Å². The molecule has 1 atom stereocenters. The largest absolute Gasteiger partial charge is 0.497 e. The van der Waals surface area contributed by atoms with Gasteiger partial charge >= 0.3 is 0 Å². The van der Waals surface area contributed by atoms with Gasteiger partial charge in [0, 0.05) is 23.7 Å². The van der Waals surface area contributed by atoms with Crippen LogP contribution in [0, 0.1) is 5.82 Å². The molecule has 0 amide bonds. The minimum Gasteiger partial charge on any atom is -0.497 e. The van der Waals surface area contributed by atoms with Gasteiger partial charge < -0.3 is 9.30 Å². The highest BCUT2D eigenvalue weighted by Gasteiger charge is 2.30. The van der Waals surface area contributed by atoms with E-state index in [-0.39, 0.29) is 17.4 Å². The van der Waals surface area contributed by atoms with Crippen molar-refractivity contribution < 1.29 is 22.3 Å². The number of carbonyl (C=O) groups excluding carboxylic acids is 1. The second-order valence-corrected chi connectivity index (χ2v) is 9.05. The summed E-state index contributed by atoms with van der Waals surface area (Å²) >= 11 is 0. The van der Waals surface area contributed by atoms with Crippen molar-refractivity contribution in [3.8, 4) is 5.75 Å². The molecule has 8 heteroatoms. The van der Waals surface area contributed by atoms with Crippen LogP contribution in [-0.4, -0.2) is 32.1 Å². The molecule has 0 spiro atoms. The van der Waals surface area contributed by atoms with E-state index >= 15 is 0 Å². The number of aromatic nitrogens is 1. The number of benzene rings is 2. The average Bonchev–Trinajstić information content (AvgIpc) is 3.29. The molecule has 0 saturated carbocycles. The van der Waals surface area contributed by atoms with Gasteiger partial charge in [0.25, 0.3) is 0 Å². The molecule has 1 N–H and O–H groups in total. The van der Waals surface area contributed by atoms with Crippen molar-refractivity contribution in [3.05, 3.63) is 82.9 Å². The van der Waals surface area contributed by atoms with E-state index in [1.54, 1.807) is 49.6 Å². The van der Waals surface area contributed by atoms with E-state index in [2.05, 4.69) is 4.72 Å². The molecule has 4 rings (SSSR count). The summed E-state index contributed by atoms with van der Waals surface area (Å²) in [7, 11) is -1.91. The summed E-state index contributed by atoms with van der Waals surface area (Å²) in [6, 6.07) is 14.9. The molecule has 0 bridgehead atoms. The van der Waals surface area contributed by atoms with E-state index < -0.39 is 15.8 Å². The minimum atomic E-state index is -3.48. The molecular weight excluding hydrogens is 407 g/mol. The maximum atomic E-state index is 14.8. The Balaban J connectivity index is 1.62. The first-order chi connectivity index (χ1) is 14.3. The molecule has 3 aromatic rings. The Morgan fingerprint density at radius 1 is 1.13 bits per heavy atom. The van der Waals surface area contributed by atoms with Crippen LogP contribution in [0.2, 0.25) is 0 Å². The molecule has 30 heavy (non-hydrogen) atoms. The van der Waals surface area contributed by atoms with Gasteiger partial charge in [0.15, 0.2) is 0 Å². The fourth-order valence-corrected chi connectivity index (χ4v) is 4.49. The maximum Gasteiger partial charge on any atom is 0.229 e. The lowest BCUT2D eigenvalue weighted by Crippen LogP contribution is -2.10. The van der Waals surface area contributed by atoms with Crippen molar-refractivity contribution in [2.45, 2.75) is 18.9 Å². The van der Waals surface area contributed by atoms with Crippen molar-refractivity contribution in [1.82, 2.24) is 4.57 Å². The second kappa shape index (κ2) is 7.60. The van der Waals surface area contributed by atoms with E-state index in [0.717, 1.165) is 11.9 Å². The second-order valence-electron chi connectivity index (χ2n) is 7.30. The van der Waals surface area contributed by atoms with Gasteiger partial charge in [0.05, 0.1) is 24.7 Å². The van der Waals surface area contributed by atoms with Gasteiger partial charge in [-0.05, 0) is 60.5 Å². The number of fused-ring (bicyclic) bond motifs is 1. The highest BCUT2D eigenvalue weighted by atomic mass is 32.2. The van der Waals surface area contributed by atoms with E-state index in [9.17, 15) is 17.6 Å². The molecule has 1 aromatic heterocycles. The summed E-state index contributed by atoms with van der Waals surface area (Å²) in [5.41, 5.74) is 2.66. The van der Waals surface area contributed by atoms with Gasteiger partial charge in [-0.25, -0.2) is 12.8 Å². The molecule has 1 unspecified atom stereocenters. The normalized spacial score (nSPS) is 15.6. The van der Waals surface area contributed by atoms with E-state index in [4.69, 9.17) is 4.74 Å². The van der Waals surface area contributed by atoms with Crippen LogP contribution < -0.4 is 9.46 Å². The molecule has 0 fully saturated rings. The van der Waals surface area contributed by atoms with Crippen LogP contribution in [0.1, 0.15) is 39.6 Å². The number of sulfonamides is 1. The van der Waals surface area contributed by atoms with Crippen molar-refractivity contribution in [2.75, 3.05) is 18.1 Å². The fraction of sp³-hybridized carbons (Fsp3) is 0.227. The zero-order valence-corrected chi connectivity index (χ0v) is 17.4. The van der Waals surface area contributed by atoms with Crippen molar-refractivity contribution >= 4 is 21.5 Å². The molecule has 0 radical (unpaired) electrons. The van der Waals surface area contributed by atoms with Crippen LogP contribution in [0.4, 0.5) is 10.1 Å². The molecule has 2 aromatic carbocycles. The van der Waals surface area contributed by atoms with Crippen LogP contribution in [0.5, 0.6) is 5.75 Å². The number of methoxy groups -OCH3 is 1. The number of carbonyl (C=O) groups is 1. The van der Waals surface area contributed by atoms with E-state index in [1.807, 2.05) is 10.6 Å². The summed E-state index contributed by atoms with van der Waals surface area (Å²) in [4.78, 5) is 13.0. The lowest BCUT2D eigenvalue weighted by molar-refractivity contribution is 0.103. The fourth-order valence-electron chi connectivity index (χ4n) is 3.93. The SMILES string of the molecule is COc1ccc(C(=O)c2ccc3n2CCC3c2ccc(NS(C)(=O)=O)cc2F)cc1. The summed E-state index contributed by atoms with van der Waals surface area (Å²) < 4.78 is 46.8. The molecule has 1 aliphatic heterocycles.